The maximum Gasteiger partial charge on any atom is 0.227 e. The molecular weight excluding hydrogens is 378 g/mol. The Morgan fingerprint density at radius 3 is 2.48 bits per heavy atom. The summed E-state index contributed by atoms with van der Waals surface area (Å²) in [6.07, 6.45) is 0.900. The maximum atomic E-state index is 11.1. The quantitative estimate of drug-likeness (QED) is 0.572. The van der Waals surface area contributed by atoms with Crippen molar-refractivity contribution in [3.63, 3.8) is 0 Å². The van der Waals surface area contributed by atoms with E-state index in [1.165, 1.54) is 22.9 Å². The van der Waals surface area contributed by atoms with Crippen LogP contribution in [0.1, 0.15) is 36.2 Å². The van der Waals surface area contributed by atoms with Gasteiger partial charge >= 0.3 is 0 Å². The number of nitrogens with zero attached hydrogens (tertiary/aromatic N) is 1. The van der Waals surface area contributed by atoms with Crippen LogP contribution in [0.25, 0.3) is 22.0 Å². The minimum atomic E-state index is -0.290. The number of primary amides is 1. The van der Waals surface area contributed by atoms with Crippen molar-refractivity contribution in [2.24, 2.45) is 17.4 Å². The number of hydrogen-bond acceptors (Lipinski definition) is 4. The Bertz CT molecular complexity index is 1010. The Balaban J connectivity index is 2.18. The van der Waals surface area contributed by atoms with Crippen LogP contribution in [0.3, 0.4) is 0 Å². The number of amides is 1. The van der Waals surface area contributed by atoms with Crippen LogP contribution in [0.15, 0.2) is 42.5 Å². The van der Waals surface area contributed by atoms with Gasteiger partial charge < -0.3 is 11.5 Å². The van der Waals surface area contributed by atoms with Gasteiger partial charge in [-0.3, -0.25) is 9.78 Å². The second-order valence-electron chi connectivity index (χ2n) is 7.89. The summed E-state index contributed by atoms with van der Waals surface area (Å²) in [5.74, 6) is 1.27. The van der Waals surface area contributed by atoms with Crippen LogP contribution in [-0.4, -0.2) is 16.6 Å². The van der Waals surface area contributed by atoms with Crippen molar-refractivity contribution >= 4 is 28.6 Å². The normalized spacial score (nSPS) is 11.3. The van der Waals surface area contributed by atoms with Gasteiger partial charge in [0, 0.05) is 23.4 Å². The van der Waals surface area contributed by atoms with Crippen molar-refractivity contribution in [1.29, 1.82) is 0 Å². The second-order valence-corrected chi connectivity index (χ2v) is 8.88. The van der Waals surface area contributed by atoms with Crippen molar-refractivity contribution in [3.8, 4) is 11.1 Å². The van der Waals surface area contributed by atoms with Crippen LogP contribution in [0, 0.1) is 12.8 Å². The third kappa shape index (κ3) is 5.17. The van der Waals surface area contributed by atoms with E-state index in [9.17, 15) is 4.79 Å². The molecule has 4 N–H and O–H groups in total. The van der Waals surface area contributed by atoms with E-state index < -0.39 is 0 Å². The molecule has 0 aliphatic rings. The molecule has 0 aliphatic heterocycles. The van der Waals surface area contributed by atoms with Gasteiger partial charge in [-0.25, -0.2) is 0 Å². The van der Waals surface area contributed by atoms with Crippen LogP contribution in [0.4, 0.5) is 0 Å². The number of aromatic nitrogens is 1. The fourth-order valence-corrected chi connectivity index (χ4v) is 4.30. The molecule has 3 aromatic rings. The fourth-order valence-electron chi connectivity index (χ4n) is 3.59. The Morgan fingerprint density at radius 2 is 1.86 bits per heavy atom. The summed E-state index contributed by atoms with van der Waals surface area (Å²) in [4.78, 5) is 16.0. The Hall–Kier alpha value is -2.37. The number of hydrogen-bond donors (Lipinski definition) is 2. The lowest BCUT2D eigenvalue weighted by molar-refractivity contribution is -0.115. The molecule has 0 fully saturated rings. The molecule has 4 nitrogen and oxygen atoms in total. The third-order valence-corrected chi connectivity index (χ3v) is 5.92. The van der Waals surface area contributed by atoms with E-state index in [0.29, 0.717) is 18.2 Å². The smallest absolute Gasteiger partial charge is 0.227 e. The monoisotopic (exact) mass is 407 g/mol. The zero-order valence-electron chi connectivity index (χ0n) is 17.4. The summed E-state index contributed by atoms with van der Waals surface area (Å²) in [7, 11) is 0. The number of nitrogens with two attached hydrogens (primary N) is 2. The largest absolute Gasteiger partial charge is 0.369 e. The van der Waals surface area contributed by atoms with Crippen LogP contribution >= 0.6 is 11.8 Å². The van der Waals surface area contributed by atoms with Gasteiger partial charge in [-0.2, -0.15) is 0 Å². The first-order valence-electron chi connectivity index (χ1n) is 9.96. The predicted molar refractivity (Wildman–Crippen MR) is 124 cm³/mol. The molecule has 0 radical (unpaired) electrons. The molecule has 0 saturated carbocycles. The number of aryl methyl sites for hydroxylation is 1. The minimum absolute atomic E-state index is 0.290. The van der Waals surface area contributed by atoms with E-state index in [4.69, 9.17) is 16.5 Å². The number of benzene rings is 2. The zero-order valence-corrected chi connectivity index (χ0v) is 18.2. The predicted octanol–water partition coefficient (Wildman–Crippen LogP) is 4.59. The van der Waals surface area contributed by atoms with Crippen molar-refractivity contribution in [2.45, 2.75) is 39.5 Å². The molecule has 152 valence electrons. The summed E-state index contributed by atoms with van der Waals surface area (Å²) < 4.78 is 0. The van der Waals surface area contributed by atoms with Gasteiger partial charge in [0.1, 0.15) is 0 Å². The minimum Gasteiger partial charge on any atom is -0.369 e. The lowest BCUT2D eigenvalue weighted by Gasteiger charge is -2.18. The first-order valence-corrected chi connectivity index (χ1v) is 11.1. The zero-order chi connectivity index (χ0) is 21.0. The Labute approximate surface area is 177 Å². The number of pyridine rings is 1. The van der Waals surface area contributed by atoms with Crippen LogP contribution in [-0.2, 0) is 23.5 Å². The number of rotatable bonds is 8. The molecular formula is C24H29N3OS. The SMILES string of the molecule is Cc1ccc(-c2c(CN)c(CC(C)C)nc3ccc(CSCC(N)=O)cc23)cc1. The van der Waals surface area contributed by atoms with Gasteiger partial charge in [0.25, 0.3) is 0 Å². The molecule has 0 aliphatic carbocycles. The maximum absolute atomic E-state index is 11.1. The van der Waals surface area contributed by atoms with Crippen molar-refractivity contribution < 1.29 is 4.79 Å². The number of fused-ring (bicyclic) bond motifs is 1. The van der Waals surface area contributed by atoms with Gasteiger partial charge in [0.2, 0.25) is 5.91 Å². The van der Waals surface area contributed by atoms with Gasteiger partial charge in [-0.1, -0.05) is 49.7 Å². The highest BCUT2D eigenvalue weighted by molar-refractivity contribution is 7.99. The Morgan fingerprint density at radius 1 is 1.14 bits per heavy atom. The second kappa shape index (κ2) is 9.42. The number of carbonyl (C=O) groups is 1. The molecule has 0 spiro atoms. The summed E-state index contributed by atoms with van der Waals surface area (Å²) in [6.45, 7) is 6.96. The van der Waals surface area contributed by atoms with E-state index >= 15 is 0 Å². The highest BCUT2D eigenvalue weighted by Gasteiger charge is 2.17. The topological polar surface area (TPSA) is 82.0 Å². The summed E-state index contributed by atoms with van der Waals surface area (Å²) >= 11 is 1.53. The molecule has 2 aromatic carbocycles. The first kappa shape index (κ1) is 21.3. The third-order valence-electron chi connectivity index (χ3n) is 4.89. The molecule has 0 saturated heterocycles. The van der Waals surface area contributed by atoms with Gasteiger partial charge in [0.15, 0.2) is 0 Å². The molecule has 29 heavy (non-hydrogen) atoms. The molecule has 3 rings (SSSR count). The van der Waals surface area contributed by atoms with Crippen molar-refractivity contribution in [1.82, 2.24) is 4.98 Å². The average molecular weight is 408 g/mol. The van der Waals surface area contributed by atoms with E-state index in [1.54, 1.807) is 0 Å². The fraction of sp³-hybridized carbons (Fsp3) is 0.333. The van der Waals surface area contributed by atoms with E-state index in [0.717, 1.165) is 45.5 Å². The Kier molecular flexibility index (Phi) is 6.93. The molecule has 1 heterocycles. The number of thioether (sulfide) groups is 1. The molecule has 5 heteroatoms. The van der Waals surface area contributed by atoms with Crippen molar-refractivity contribution in [2.75, 3.05) is 5.75 Å². The summed E-state index contributed by atoms with van der Waals surface area (Å²) in [5.41, 5.74) is 19.4. The van der Waals surface area contributed by atoms with Crippen LogP contribution < -0.4 is 11.5 Å². The molecule has 1 amide bonds. The molecule has 0 bridgehead atoms. The molecule has 1 aromatic heterocycles. The summed E-state index contributed by atoms with van der Waals surface area (Å²) in [6, 6.07) is 15.0. The summed E-state index contributed by atoms with van der Waals surface area (Å²) in [5, 5.41) is 1.11. The highest BCUT2D eigenvalue weighted by atomic mass is 32.2. The molecule has 0 atom stereocenters. The number of carbonyl (C=O) groups excluding carboxylic acids is 1. The van der Waals surface area contributed by atoms with Crippen LogP contribution in [0.2, 0.25) is 0 Å². The first-order chi connectivity index (χ1) is 13.9. The van der Waals surface area contributed by atoms with E-state index in [2.05, 4.69) is 63.2 Å². The van der Waals surface area contributed by atoms with Crippen LogP contribution in [0.5, 0.6) is 0 Å². The van der Waals surface area contributed by atoms with Crippen molar-refractivity contribution in [3.05, 3.63) is 64.8 Å². The van der Waals surface area contributed by atoms with Gasteiger partial charge in [-0.05, 0) is 53.6 Å². The average Bonchev–Trinajstić information content (AvgIpc) is 2.67. The van der Waals surface area contributed by atoms with Gasteiger partial charge in [-0.15, -0.1) is 11.8 Å². The lowest BCUT2D eigenvalue weighted by Crippen LogP contribution is -2.13. The highest BCUT2D eigenvalue weighted by Crippen LogP contribution is 2.35. The van der Waals surface area contributed by atoms with E-state index in [1.807, 2.05) is 0 Å². The lowest BCUT2D eigenvalue weighted by atomic mass is 9.90. The van der Waals surface area contributed by atoms with E-state index in [-0.39, 0.29) is 5.91 Å². The van der Waals surface area contributed by atoms with Gasteiger partial charge in [0.05, 0.1) is 11.3 Å². The molecule has 0 unspecified atom stereocenters. The standard InChI is InChI=1S/C24H29N3OS/c1-15(2)10-22-20(12-25)24(18-7-4-16(3)5-8-18)19-11-17(6-9-21(19)27-22)13-29-14-23(26)28/h4-9,11,15H,10,12-14,25H2,1-3H3,(H2,26,28).